The second-order valence-corrected chi connectivity index (χ2v) is 9.88. The van der Waals surface area contributed by atoms with E-state index >= 15 is 0 Å². The zero-order valence-corrected chi connectivity index (χ0v) is 23.1. The highest BCUT2D eigenvalue weighted by atomic mass is 32.1. The average Bonchev–Trinajstić information content (AvgIpc) is 2.90. The highest BCUT2D eigenvalue weighted by Crippen LogP contribution is 2.08. The third-order valence-corrected chi connectivity index (χ3v) is 6.48. The summed E-state index contributed by atoms with van der Waals surface area (Å²) in [6, 6.07) is 3.76. The highest BCUT2D eigenvalue weighted by molar-refractivity contribution is 7.80. The number of nitrogens with one attached hydrogen (secondary N) is 6. The van der Waals surface area contributed by atoms with E-state index in [1.165, 1.54) is 0 Å². The van der Waals surface area contributed by atoms with Crippen LogP contribution < -0.4 is 26.6 Å². The van der Waals surface area contributed by atoms with Gasteiger partial charge < -0.3 is 37.1 Å². The monoisotopic (exact) mass is 576 g/mol. The Hall–Kier alpha value is -3.94. The van der Waals surface area contributed by atoms with Crippen molar-refractivity contribution in [2.45, 2.75) is 69.6 Å². The van der Waals surface area contributed by atoms with Crippen LogP contribution >= 0.6 is 12.6 Å². The summed E-state index contributed by atoms with van der Waals surface area (Å²) in [5.41, 5.74) is 1.16. The molecule has 0 aromatic heterocycles. The van der Waals surface area contributed by atoms with E-state index in [4.69, 9.17) is 5.41 Å². The first-order chi connectivity index (χ1) is 19.0. The standard InChI is InChI=1S/C26H36N6O7S/c1-15(27)7-5-6-10-17-23(36)28-13-21(33)29-19(12-22(34)35)25(38)31-18(11-16-8-3-2-4-9-16)24(37)32-20(14-40)26(39)30-17/h2-4,8-9,17-20,27,40H,5-7,10-14H2,1H3,(H,28,36)(H,29,33)(H,30,39)(H,31,38)(H,32,37)(H,34,35)/t17-,18+,19-,20-/m0/s1. The molecule has 40 heavy (non-hydrogen) atoms. The van der Waals surface area contributed by atoms with Crippen molar-refractivity contribution in [3.05, 3.63) is 35.9 Å². The smallest absolute Gasteiger partial charge is 0.305 e. The fraction of sp³-hybridized carbons (Fsp3) is 0.500. The Morgan fingerprint density at radius 1 is 0.875 bits per heavy atom. The summed E-state index contributed by atoms with van der Waals surface area (Å²) >= 11 is 4.18. The molecule has 0 bridgehead atoms. The fourth-order valence-corrected chi connectivity index (χ4v) is 4.25. The third kappa shape index (κ3) is 11.0. The zero-order valence-electron chi connectivity index (χ0n) is 22.2. The van der Waals surface area contributed by atoms with Crippen molar-refractivity contribution in [3.63, 3.8) is 0 Å². The van der Waals surface area contributed by atoms with Gasteiger partial charge in [0.05, 0.1) is 13.0 Å². The number of carboxylic acids is 1. The number of amides is 5. The van der Waals surface area contributed by atoms with Gasteiger partial charge in [-0.3, -0.25) is 28.8 Å². The number of hydrogen-bond acceptors (Lipinski definition) is 8. The van der Waals surface area contributed by atoms with Gasteiger partial charge in [0.1, 0.15) is 24.2 Å². The van der Waals surface area contributed by atoms with Gasteiger partial charge in [0.25, 0.3) is 0 Å². The largest absolute Gasteiger partial charge is 0.481 e. The molecule has 1 aromatic rings. The molecular formula is C26H36N6O7S. The summed E-state index contributed by atoms with van der Waals surface area (Å²) in [5, 5.41) is 29.2. The van der Waals surface area contributed by atoms with Crippen LogP contribution in [0.3, 0.4) is 0 Å². The van der Waals surface area contributed by atoms with Crippen LogP contribution in [0.5, 0.6) is 0 Å². The van der Waals surface area contributed by atoms with Crippen LogP contribution in [0.4, 0.5) is 0 Å². The molecule has 0 radical (unpaired) electrons. The quantitative estimate of drug-likeness (QED) is 0.102. The Morgan fingerprint density at radius 3 is 2.10 bits per heavy atom. The van der Waals surface area contributed by atoms with E-state index in [1.54, 1.807) is 37.3 Å². The average molecular weight is 577 g/mol. The highest BCUT2D eigenvalue weighted by Gasteiger charge is 2.32. The number of carbonyl (C=O) groups excluding carboxylic acids is 5. The number of carbonyl (C=O) groups is 6. The van der Waals surface area contributed by atoms with Gasteiger partial charge in [-0.2, -0.15) is 12.6 Å². The van der Waals surface area contributed by atoms with Crippen molar-refractivity contribution in [1.29, 1.82) is 5.41 Å². The van der Waals surface area contributed by atoms with E-state index in [1.807, 2.05) is 0 Å². The van der Waals surface area contributed by atoms with E-state index in [2.05, 4.69) is 39.2 Å². The van der Waals surface area contributed by atoms with Gasteiger partial charge in [-0.05, 0) is 31.7 Å². The molecule has 1 aliphatic rings. The maximum atomic E-state index is 13.3. The maximum Gasteiger partial charge on any atom is 0.305 e. The van der Waals surface area contributed by atoms with Crippen molar-refractivity contribution < 1.29 is 33.9 Å². The summed E-state index contributed by atoms with van der Waals surface area (Å²) in [4.78, 5) is 76.2. The molecule has 0 spiro atoms. The van der Waals surface area contributed by atoms with Crippen molar-refractivity contribution >= 4 is 53.8 Å². The lowest BCUT2D eigenvalue weighted by atomic mass is 10.0. The molecule has 2 rings (SSSR count). The Kier molecular flexibility index (Phi) is 13.1. The normalized spacial score (nSPS) is 22.9. The van der Waals surface area contributed by atoms with E-state index in [0.717, 1.165) is 0 Å². The SMILES string of the molecule is CC(=N)CCCC[C@@H]1NC(=O)[C@H](CS)NC(=O)[C@@H](Cc2ccccc2)NC(=O)[C@H](CC(=O)O)NC(=O)CNC1=O. The number of hydrogen-bond donors (Lipinski definition) is 8. The summed E-state index contributed by atoms with van der Waals surface area (Å²) < 4.78 is 0. The van der Waals surface area contributed by atoms with Gasteiger partial charge in [-0.15, -0.1) is 0 Å². The van der Waals surface area contributed by atoms with E-state index in [0.29, 0.717) is 30.5 Å². The Balaban J connectivity index is 2.36. The molecule has 1 aliphatic heterocycles. The molecule has 4 atom stereocenters. The van der Waals surface area contributed by atoms with Gasteiger partial charge in [0.15, 0.2) is 0 Å². The number of benzene rings is 1. The first-order valence-electron chi connectivity index (χ1n) is 12.9. The van der Waals surface area contributed by atoms with Crippen molar-refractivity contribution in [1.82, 2.24) is 26.6 Å². The van der Waals surface area contributed by atoms with Crippen LogP contribution in [0.15, 0.2) is 30.3 Å². The first kappa shape index (κ1) is 32.3. The molecule has 7 N–H and O–H groups in total. The van der Waals surface area contributed by atoms with E-state index < -0.39 is 72.6 Å². The number of aliphatic carboxylic acids is 1. The van der Waals surface area contributed by atoms with E-state index in [-0.39, 0.29) is 18.6 Å². The van der Waals surface area contributed by atoms with Crippen LogP contribution in [0.25, 0.3) is 0 Å². The number of thiol groups is 1. The minimum atomic E-state index is -1.53. The summed E-state index contributed by atoms with van der Waals surface area (Å²) in [6.07, 6.45) is 1.08. The van der Waals surface area contributed by atoms with Gasteiger partial charge >= 0.3 is 5.97 Å². The van der Waals surface area contributed by atoms with Gasteiger partial charge in [0, 0.05) is 17.9 Å². The lowest BCUT2D eigenvalue weighted by Gasteiger charge is -2.25. The topological polar surface area (TPSA) is 207 Å². The van der Waals surface area contributed by atoms with E-state index in [9.17, 15) is 33.9 Å². The Bertz CT molecular complexity index is 1100. The molecule has 0 aliphatic carbocycles. The molecular weight excluding hydrogens is 540 g/mol. The number of unbranched alkanes of at least 4 members (excludes halogenated alkanes) is 1. The minimum absolute atomic E-state index is 0.0160. The predicted octanol–water partition coefficient (Wildman–Crippen LogP) is -0.697. The summed E-state index contributed by atoms with van der Waals surface area (Å²) in [5.74, 6) is -5.31. The molecule has 0 saturated carbocycles. The summed E-state index contributed by atoms with van der Waals surface area (Å²) in [7, 11) is 0. The second kappa shape index (κ2) is 16.2. The second-order valence-electron chi connectivity index (χ2n) is 9.52. The molecule has 1 fully saturated rings. The first-order valence-corrected chi connectivity index (χ1v) is 13.5. The van der Waals surface area contributed by atoms with Crippen molar-refractivity contribution in [2.75, 3.05) is 12.3 Å². The number of carboxylic acid groups (broad SMARTS) is 1. The molecule has 1 saturated heterocycles. The number of rotatable bonds is 10. The fourth-order valence-electron chi connectivity index (χ4n) is 4.00. The van der Waals surface area contributed by atoms with Crippen LogP contribution in [0.2, 0.25) is 0 Å². The van der Waals surface area contributed by atoms with Gasteiger partial charge in [-0.1, -0.05) is 36.8 Å². The van der Waals surface area contributed by atoms with Crippen LogP contribution in [0, 0.1) is 5.41 Å². The van der Waals surface area contributed by atoms with Crippen molar-refractivity contribution in [2.24, 2.45) is 0 Å². The lowest BCUT2D eigenvalue weighted by Crippen LogP contribution is -2.58. The summed E-state index contributed by atoms with van der Waals surface area (Å²) in [6.45, 7) is 1.09. The molecule has 1 heterocycles. The van der Waals surface area contributed by atoms with Gasteiger partial charge in [-0.25, -0.2) is 0 Å². The van der Waals surface area contributed by atoms with Crippen molar-refractivity contribution in [3.8, 4) is 0 Å². The molecule has 218 valence electrons. The molecule has 0 unspecified atom stereocenters. The molecule has 13 nitrogen and oxygen atoms in total. The molecule has 14 heteroatoms. The van der Waals surface area contributed by atoms with Crippen LogP contribution in [-0.2, 0) is 35.2 Å². The molecule has 5 amide bonds. The predicted molar refractivity (Wildman–Crippen MR) is 149 cm³/mol. The molecule has 1 aromatic carbocycles. The Morgan fingerprint density at radius 2 is 1.48 bits per heavy atom. The van der Waals surface area contributed by atoms with Gasteiger partial charge in [0.2, 0.25) is 29.5 Å². The maximum absolute atomic E-state index is 13.3. The van der Waals surface area contributed by atoms with Crippen LogP contribution in [0.1, 0.15) is 44.6 Å². The third-order valence-electron chi connectivity index (χ3n) is 6.11. The Labute approximate surface area is 237 Å². The lowest BCUT2D eigenvalue weighted by molar-refractivity contribution is -0.141. The zero-order chi connectivity index (χ0) is 29.7. The minimum Gasteiger partial charge on any atom is -0.481 e. The van der Waals surface area contributed by atoms with Crippen LogP contribution in [-0.4, -0.2) is 82.8 Å².